The molecule has 142 valence electrons. The summed E-state index contributed by atoms with van der Waals surface area (Å²) in [5.74, 6) is -0.408. The number of nitrogens with one attached hydrogen (secondary N) is 1. The Morgan fingerprint density at radius 1 is 1.19 bits per heavy atom. The third kappa shape index (κ3) is 3.45. The molecule has 0 atom stereocenters. The van der Waals surface area contributed by atoms with Gasteiger partial charge in [0.2, 0.25) is 10.0 Å². The number of fused-ring (bicyclic) bond motifs is 1. The highest BCUT2D eigenvalue weighted by Gasteiger charge is 2.30. The molecule has 1 N–H and O–H groups in total. The van der Waals surface area contributed by atoms with E-state index in [2.05, 4.69) is 9.97 Å². The minimum Gasteiger partial charge on any atom is -0.408 e. The van der Waals surface area contributed by atoms with Gasteiger partial charge in [0.1, 0.15) is 0 Å². The van der Waals surface area contributed by atoms with E-state index < -0.39 is 15.8 Å². The standard InChI is InChI=1S/C17H18N4O5S/c22-16-3-6-18-11-20(16)10-12-4-7-21(8-5-12)27(24,25)13-1-2-14-15(9-13)26-17(23)19-14/h1-3,6,9,11-12H,4-5,7-8,10H2,(H,19,23). The molecule has 1 aromatic carbocycles. The third-order valence-electron chi connectivity index (χ3n) is 4.85. The lowest BCUT2D eigenvalue weighted by Crippen LogP contribution is -2.40. The molecule has 2 aromatic heterocycles. The normalized spacial score (nSPS) is 16.7. The largest absolute Gasteiger partial charge is 0.417 e. The molecule has 1 fully saturated rings. The first-order valence-corrected chi connectivity index (χ1v) is 10.0. The van der Waals surface area contributed by atoms with Crippen molar-refractivity contribution in [1.82, 2.24) is 18.8 Å². The fraction of sp³-hybridized carbons (Fsp3) is 0.353. The number of rotatable bonds is 4. The molecule has 0 radical (unpaired) electrons. The van der Waals surface area contributed by atoms with Gasteiger partial charge in [-0.1, -0.05) is 0 Å². The number of hydrogen-bond acceptors (Lipinski definition) is 6. The van der Waals surface area contributed by atoms with E-state index in [9.17, 15) is 18.0 Å². The third-order valence-corrected chi connectivity index (χ3v) is 6.75. The van der Waals surface area contributed by atoms with Crippen molar-refractivity contribution >= 4 is 21.1 Å². The van der Waals surface area contributed by atoms with Gasteiger partial charge in [0.25, 0.3) is 5.56 Å². The maximum Gasteiger partial charge on any atom is 0.417 e. The van der Waals surface area contributed by atoms with E-state index in [1.807, 2.05) is 0 Å². The Bertz CT molecular complexity index is 1190. The number of hydrogen-bond donors (Lipinski definition) is 1. The molecule has 0 unspecified atom stereocenters. The number of piperidine rings is 1. The molecule has 0 spiro atoms. The summed E-state index contributed by atoms with van der Waals surface area (Å²) in [4.78, 5) is 29.6. The number of aromatic amines is 1. The van der Waals surface area contributed by atoms with E-state index >= 15 is 0 Å². The average Bonchev–Trinajstić information content (AvgIpc) is 3.03. The molecule has 0 aliphatic carbocycles. The maximum absolute atomic E-state index is 12.9. The van der Waals surface area contributed by atoms with Crippen molar-refractivity contribution < 1.29 is 12.8 Å². The van der Waals surface area contributed by atoms with Crippen molar-refractivity contribution in [3.63, 3.8) is 0 Å². The van der Waals surface area contributed by atoms with Gasteiger partial charge in [0.15, 0.2) is 5.58 Å². The van der Waals surface area contributed by atoms with Crippen LogP contribution in [0.25, 0.3) is 11.1 Å². The van der Waals surface area contributed by atoms with Crippen molar-refractivity contribution in [1.29, 1.82) is 0 Å². The Kier molecular flexibility index (Phi) is 4.44. The zero-order valence-electron chi connectivity index (χ0n) is 14.4. The molecule has 9 nitrogen and oxygen atoms in total. The van der Waals surface area contributed by atoms with Crippen LogP contribution in [0.2, 0.25) is 0 Å². The topological polar surface area (TPSA) is 118 Å². The van der Waals surface area contributed by atoms with Gasteiger partial charge in [-0.15, -0.1) is 0 Å². The zero-order valence-corrected chi connectivity index (χ0v) is 15.2. The highest BCUT2D eigenvalue weighted by atomic mass is 32.2. The molecule has 3 heterocycles. The van der Waals surface area contributed by atoms with E-state index in [0.29, 0.717) is 38.0 Å². The summed E-state index contributed by atoms with van der Waals surface area (Å²) in [7, 11) is -3.67. The number of H-pyrrole nitrogens is 1. The monoisotopic (exact) mass is 390 g/mol. The molecule has 0 amide bonds. The van der Waals surface area contributed by atoms with Gasteiger partial charge in [0, 0.05) is 38.0 Å². The van der Waals surface area contributed by atoms with Gasteiger partial charge >= 0.3 is 5.76 Å². The SMILES string of the molecule is O=c1[nH]c2ccc(S(=O)(=O)N3CCC(Cn4cnccc4=O)CC3)cc2o1. The van der Waals surface area contributed by atoms with Crippen molar-refractivity contribution in [2.24, 2.45) is 5.92 Å². The lowest BCUT2D eigenvalue weighted by Gasteiger charge is -2.31. The lowest BCUT2D eigenvalue weighted by atomic mass is 9.98. The summed E-state index contributed by atoms with van der Waals surface area (Å²) in [6.45, 7) is 1.27. The fourth-order valence-corrected chi connectivity index (χ4v) is 4.85. The van der Waals surface area contributed by atoms with Crippen LogP contribution in [-0.4, -0.2) is 40.3 Å². The number of benzene rings is 1. The molecule has 0 saturated carbocycles. The summed E-state index contributed by atoms with van der Waals surface area (Å²) in [6.07, 6.45) is 4.27. The van der Waals surface area contributed by atoms with E-state index in [-0.39, 0.29) is 22.0 Å². The van der Waals surface area contributed by atoms with E-state index in [4.69, 9.17) is 4.42 Å². The average molecular weight is 390 g/mol. The van der Waals surface area contributed by atoms with Crippen LogP contribution in [0.4, 0.5) is 0 Å². The molecule has 4 rings (SSSR count). The smallest absolute Gasteiger partial charge is 0.408 e. The molecule has 3 aromatic rings. The van der Waals surface area contributed by atoms with Crippen LogP contribution in [0.3, 0.4) is 0 Å². The van der Waals surface area contributed by atoms with Crippen LogP contribution in [0.15, 0.2) is 55.7 Å². The van der Waals surface area contributed by atoms with E-state index in [1.54, 1.807) is 4.57 Å². The molecule has 27 heavy (non-hydrogen) atoms. The van der Waals surface area contributed by atoms with Crippen molar-refractivity contribution in [3.8, 4) is 0 Å². The van der Waals surface area contributed by atoms with Crippen molar-refractivity contribution in [2.45, 2.75) is 24.3 Å². The Morgan fingerprint density at radius 3 is 2.70 bits per heavy atom. The van der Waals surface area contributed by atoms with Crippen LogP contribution in [0, 0.1) is 5.92 Å². The summed E-state index contributed by atoms with van der Waals surface area (Å²) >= 11 is 0. The Labute approximate surface area is 154 Å². The van der Waals surface area contributed by atoms with Gasteiger partial charge in [-0.25, -0.2) is 18.2 Å². The van der Waals surface area contributed by atoms with Crippen LogP contribution < -0.4 is 11.3 Å². The first-order valence-electron chi connectivity index (χ1n) is 8.57. The second-order valence-electron chi connectivity index (χ2n) is 6.59. The lowest BCUT2D eigenvalue weighted by molar-refractivity contribution is 0.251. The second kappa shape index (κ2) is 6.78. The molecular formula is C17H18N4O5S. The fourth-order valence-electron chi connectivity index (χ4n) is 3.36. The number of sulfonamides is 1. The molecule has 1 aliphatic heterocycles. The quantitative estimate of drug-likeness (QED) is 0.703. The zero-order chi connectivity index (χ0) is 19.0. The van der Waals surface area contributed by atoms with Crippen LogP contribution in [0.1, 0.15) is 12.8 Å². The van der Waals surface area contributed by atoms with Gasteiger partial charge in [-0.05, 0) is 30.9 Å². The van der Waals surface area contributed by atoms with Crippen LogP contribution in [-0.2, 0) is 16.6 Å². The first-order chi connectivity index (χ1) is 12.9. The van der Waals surface area contributed by atoms with Gasteiger partial charge in [0.05, 0.1) is 16.7 Å². The molecule has 1 saturated heterocycles. The van der Waals surface area contributed by atoms with E-state index in [0.717, 1.165) is 0 Å². The van der Waals surface area contributed by atoms with Crippen molar-refractivity contribution in [3.05, 3.63) is 57.7 Å². The van der Waals surface area contributed by atoms with Crippen LogP contribution in [0.5, 0.6) is 0 Å². The summed E-state index contributed by atoms with van der Waals surface area (Å²) in [6, 6.07) is 5.76. The predicted molar refractivity (Wildman–Crippen MR) is 96.8 cm³/mol. The molecule has 1 aliphatic rings. The van der Waals surface area contributed by atoms with Gasteiger partial charge in [-0.3, -0.25) is 14.3 Å². The highest BCUT2D eigenvalue weighted by Crippen LogP contribution is 2.26. The van der Waals surface area contributed by atoms with Gasteiger partial charge in [-0.2, -0.15) is 4.31 Å². The Morgan fingerprint density at radius 2 is 1.96 bits per heavy atom. The Hall–Kier alpha value is -2.72. The minimum atomic E-state index is -3.67. The predicted octanol–water partition coefficient (Wildman–Crippen LogP) is 0.779. The number of aromatic nitrogens is 3. The maximum atomic E-state index is 12.9. The minimum absolute atomic E-state index is 0.0969. The molecular weight excluding hydrogens is 372 g/mol. The molecule has 0 bridgehead atoms. The summed E-state index contributed by atoms with van der Waals surface area (Å²) in [5.41, 5.74) is 0.563. The molecule has 10 heteroatoms. The summed E-state index contributed by atoms with van der Waals surface area (Å²) < 4.78 is 33.7. The van der Waals surface area contributed by atoms with Crippen molar-refractivity contribution in [2.75, 3.05) is 13.1 Å². The number of nitrogens with zero attached hydrogens (tertiary/aromatic N) is 3. The van der Waals surface area contributed by atoms with Gasteiger partial charge < -0.3 is 4.42 Å². The second-order valence-corrected chi connectivity index (χ2v) is 8.53. The Balaban J connectivity index is 1.48. The highest BCUT2D eigenvalue weighted by molar-refractivity contribution is 7.89. The van der Waals surface area contributed by atoms with Crippen LogP contribution >= 0.6 is 0 Å². The first kappa shape index (κ1) is 17.7. The number of oxazole rings is 1. The summed E-state index contributed by atoms with van der Waals surface area (Å²) in [5, 5.41) is 0. The van der Waals surface area contributed by atoms with E-state index in [1.165, 1.54) is 41.1 Å².